The van der Waals surface area contributed by atoms with Crippen molar-refractivity contribution < 1.29 is 14.3 Å². The third kappa shape index (κ3) is 2.55. The number of rotatable bonds is 3. The molecule has 1 aliphatic carbocycles. The summed E-state index contributed by atoms with van der Waals surface area (Å²) in [7, 11) is 0. The number of nitrogens with zero attached hydrogens (tertiary/aromatic N) is 2. The van der Waals surface area contributed by atoms with Crippen molar-refractivity contribution >= 4 is 11.8 Å². The summed E-state index contributed by atoms with van der Waals surface area (Å²) < 4.78 is 5.80. The zero-order valence-electron chi connectivity index (χ0n) is 12.4. The minimum atomic E-state index is -0.0734. The van der Waals surface area contributed by atoms with E-state index in [1.165, 1.54) is 0 Å². The van der Waals surface area contributed by atoms with Gasteiger partial charge in [-0.05, 0) is 31.6 Å². The highest BCUT2D eigenvalue weighted by Crippen LogP contribution is 2.32. The third-order valence-corrected chi connectivity index (χ3v) is 4.61. The third-order valence-electron chi connectivity index (χ3n) is 4.61. The summed E-state index contributed by atoms with van der Waals surface area (Å²) in [6, 6.07) is 0.392. The van der Waals surface area contributed by atoms with Crippen molar-refractivity contribution in [2.45, 2.75) is 51.7 Å². The summed E-state index contributed by atoms with van der Waals surface area (Å²) in [6.45, 7) is 5.70. The second-order valence-corrected chi connectivity index (χ2v) is 6.60. The molecule has 3 rings (SSSR count). The fourth-order valence-electron chi connectivity index (χ4n) is 3.38. The van der Waals surface area contributed by atoms with E-state index in [2.05, 4.69) is 13.8 Å². The largest absolute Gasteiger partial charge is 0.377 e. The molecule has 0 aromatic rings. The molecule has 0 bridgehead atoms. The van der Waals surface area contributed by atoms with Gasteiger partial charge in [0.2, 0.25) is 11.8 Å². The first-order chi connectivity index (χ1) is 9.58. The monoisotopic (exact) mass is 280 g/mol. The van der Waals surface area contributed by atoms with Crippen LogP contribution >= 0.6 is 0 Å². The van der Waals surface area contributed by atoms with E-state index in [1.54, 1.807) is 4.90 Å². The maximum absolute atomic E-state index is 12.7. The van der Waals surface area contributed by atoms with Crippen LogP contribution in [0.25, 0.3) is 0 Å². The zero-order chi connectivity index (χ0) is 14.3. The van der Waals surface area contributed by atoms with Crippen molar-refractivity contribution in [1.82, 2.24) is 9.80 Å². The number of carbonyl (C=O) groups excluding carboxylic acids is 2. The van der Waals surface area contributed by atoms with Crippen LogP contribution in [0, 0.1) is 11.8 Å². The Bertz CT molecular complexity index is 406. The molecule has 0 radical (unpaired) electrons. The molecule has 2 heterocycles. The van der Waals surface area contributed by atoms with Gasteiger partial charge in [0.15, 0.2) is 0 Å². The first-order valence-electron chi connectivity index (χ1n) is 7.78. The first-order valence-corrected chi connectivity index (χ1v) is 7.78. The van der Waals surface area contributed by atoms with Gasteiger partial charge in [0.1, 0.15) is 6.54 Å². The Kier molecular flexibility index (Phi) is 3.71. The van der Waals surface area contributed by atoms with E-state index in [9.17, 15) is 9.59 Å². The minimum Gasteiger partial charge on any atom is -0.377 e. The SMILES string of the molecule is CC(C)[C@@H]1OCCC[C@H]1C(=O)N1CC(=O)N(C2CC2)C1. The van der Waals surface area contributed by atoms with E-state index in [1.807, 2.05) is 4.90 Å². The van der Waals surface area contributed by atoms with Gasteiger partial charge in [-0.1, -0.05) is 13.8 Å². The molecule has 20 heavy (non-hydrogen) atoms. The van der Waals surface area contributed by atoms with Crippen molar-refractivity contribution in [3.8, 4) is 0 Å². The number of hydrogen-bond donors (Lipinski definition) is 0. The Labute approximate surface area is 120 Å². The van der Waals surface area contributed by atoms with Crippen LogP contribution in [-0.2, 0) is 14.3 Å². The fourth-order valence-corrected chi connectivity index (χ4v) is 3.38. The van der Waals surface area contributed by atoms with Gasteiger partial charge < -0.3 is 14.5 Å². The second kappa shape index (κ2) is 5.35. The zero-order valence-corrected chi connectivity index (χ0v) is 12.4. The molecule has 2 aliphatic heterocycles. The highest BCUT2D eigenvalue weighted by atomic mass is 16.5. The summed E-state index contributed by atoms with van der Waals surface area (Å²) >= 11 is 0. The van der Waals surface area contributed by atoms with Crippen LogP contribution in [0.4, 0.5) is 0 Å². The highest BCUT2D eigenvalue weighted by molar-refractivity contribution is 5.89. The van der Waals surface area contributed by atoms with Crippen LogP contribution in [0.5, 0.6) is 0 Å². The predicted molar refractivity (Wildman–Crippen MR) is 73.8 cm³/mol. The van der Waals surface area contributed by atoms with Gasteiger partial charge in [0, 0.05) is 12.6 Å². The molecule has 2 amide bonds. The molecule has 3 aliphatic rings. The Morgan fingerprint density at radius 3 is 2.70 bits per heavy atom. The van der Waals surface area contributed by atoms with Crippen molar-refractivity contribution in [2.75, 3.05) is 19.8 Å². The quantitative estimate of drug-likeness (QED) is 0.781. The van der Waals surface area contributed by atoms with Gasteiger partial charge in [-0.2, -0.15) is 0 Å². The summed E-state index contributed by atoms with van der Waals surface area (Å²) in [6.07, 6.45) is 4.01. The molecule has 0 spiro atoms. The van der Waals surface area contributed by atoms with Gasteiger partial charge in [-0.3, -0.25) is 9.59 Å². The maximum Gasteiger partial charge on any atom is 0.243 e. The first kappa shape index (κ1) is 13.9. The molecule has 2 atom stereocenters. The summed E-state index contributed by atoms with van der Waals surface area (Å²) in [5.41, 5.74) is 0. The van der Waals surface area contributed by atoms with Crippen molar-refractivity contribution in [3.05, 3.63) is 0 Å². The van der Waals surface area contributed by atoms with Gasteiger partial charge in [0.05, 0.1) is 18.7 Å². The molecule has 0 aromatic carbocycles. The lowest BCUT2D eigenvalue weighted by atomic mass is 9.86. The second-order valence-electron chi connectivity index (χ2n) is 6.60. The molecule has 0 N–H and O–H groups in total. The van der Waals surface area contributed by atoms with Crippen LogP contribution in [0.1, 0.15) is 39.5 Å². The molecule has 5 heteroatoms. The number of ether oxygens (including phenoxy) is 1. The molecule has 3 fully saturated rings. The molecule has 5 nitrogen and oxygen atoms in total. The predicted octanol–water partition coefficient (Wildman–Crippen LogP) is 1.23. The molecule has 0 aromatic heterocycles. The number of carbonyl (C=O) groups is 2. The highest BCUT2D eigenvalue weighted by Gasteiger charge is 2.43. The molecule has 112 valence electrons. The van der Waals surface area contributed by atoms with Gasteiger partial charge in [-0.25, -0.2) is 0 Å². The van der Waals surface area contributed by atoms with Crippen LogP contribution < -0.4 is 0 Å². The summed E-state index contributed by atoms with van der Waals surface area (Å²) in [5, 5.41) is 0. The van der Waals surface area contributed by atoms with Crippen LogP contribution in [0.2, 0.25) is 0 Å². The van der Waals surface area contributed by atoms with Crippen molar-refractivity contribution in [3.63, 3.8) is 0 Å². The average molecular weight is 280 g/mol. The number of hydrogen-bond acceptors (Lipinski definition) is 3. The standard InChI is InChI=1S/C15H24N2O3/c1-10(2)14-12(4-3-7-20-14)15(19)16-8-13(18)17(9-16)11-5-6-11/h10-12,14H,3-9H2,1-2H3/t12-,14+/m1/s1. The van der Waals surface area contributed by atoms with Crippen LogP contribution in [0.15, 0.2) is 0 Å². The lowest BCUT2D eigenvalue weighted by Crippen LogP contribution is -2.45. The topological polar surface area (TPSA) is 49.9 Å². The molecule has 1 saturated carbocycles. The normalized spacial score (nSPS) is 31.2. The van der Waals surface area contributed by atoms with Crippen molar-refractivity contribution in [1.29, 1.82) is 0 Å². The Morgan fingerprint density at radius 2 is 2.05 bits per heavy atom. The lowest BCUT2D eigenvalue weighted by Gasteiger charge is -2.35. The Balaban J connectivity index is 1.67. The van der Waals surface area contributed by atoms with Gasteiger partial charge >= 0.3 is 0 Å². The smallest absolute Gasteiger partial charge is 0.243 e. The Morgan fingerprint density at radius 1 is 1.30 bits per heavy atom. The molecular weight excluding hydrogens is 256 g/mol. The van der Waals surface area contributed by atoms with E-state index in [4.69, 9.17) is 4.74 Å². The summed E-state index contributed by atoms with van der Waals surface area (Å²) in [5.74, 6) is 0.483. The van der Waals surface area contributed by atoms with E-state index >= 15 is 0 Å². The summed E-state index contributed by atoms with van der Waals surface area (Å²) in [4.78, 5) is 28.3. The molecule has 2 saturated heterocycles. The van der Waals surface area contributed by atoms with Gasteiger partial charge in [-0.15, -0.1) is 0 Å². The fraction of sp³-hybridized carbons (Fsp3) is 0.867. The van der Waals surface area contributed by atoms with Crippen LogP contribution in [-0.4, -0.2) is 53.6 Å². The van der Waals surface area contributed by atoms with Gasteiger partial charge in [0.25, 0.3) is 0 Å². The lowest BCUT2D eigenvalue weighted by molar-refractivity contribution is -0.147. The van der Waals surface area contributed by atoms with E-state index in [0.29, 0.717) is 18.6 Å². The Hall–Kier alpha value is -1.10. The van der Waals surface area contributed by atoms with E-state index < -0.39 is 0 Å². The minimum absolute atomic E-state index is 0.00123. The molecular formula is C15H24N2O3. The maximum atomic E-state index is 12.7. The van der Waals surface area contributed by atoms with E-state index in [-0.39, 0.29) is 30.4 Å². The van der Waals surface area contributed by atoms with Crippen LogP contribution in [0.3, 0.4) is 0 Å². The van der Waals surface area contributed by atoms with E-state index in [0.717, 1.165) is 32.3 Å². The molecule has 0 unspecified atom stereocenters. The van der Waals surface area contributed by atoms with Crippen molar-refractivity contribution in [2.24, 2.45) is 11.8 Å². The average Bonchev–Trinajstić information content (AvgIpc) is 3.21. The number of amides is 2.